The third kappa shape index (κ3) is 3.46. The minimum atomic E-state index is 0.231. The van der Waals surface area contributed by atoms with E-state index in [2.05, 4.69) is 38.2 Å². The number of allylic oxidation sites excluding steroid dienone is 1. The molecule has 1 N–H and O–H groups in total. The number of azo groups is 1. The second-order valence-corrected chi connectivity index (χ2v) is 8.32. The molecule has 3 aliphatic rings. The maximum atomic E-state index is 6.82. The first kappa shape index (κ1) is 18.4. The van der Waals surface area contributed by atoms with Crippen LogP contribution in [0.15, 0.2) is 45.9 Å². The molecule has 1 aliphatic carbocycles. The maximum Gasteiger partial charge on any atom is 0.137 e. The van der Waals surface area contributed by atoms with E-state index in [4.69, 9.17) is 16.3 Å². The molecule has 0 aromatic carbocycles. The quantitative estimate of drug-likeness (QED) is 0.844. The largest absolute Gasteiger partial charge is 0.489 e. The fourth-order valence-corrected chi connectivity index (χ4v) is 4.98. The van der Waals surface area contributed by atoms with Gasteiger partial charge in [0.15, 0.2) is 0 Å². The molecule has 2 aromatic heterocycles. The van der Waals surface area contributed by atoms with Crippen molar-refractivity contribution in [2.45, 2.75) is 38.3 Å². The van der Waals surface area contributed by atoms with E-state index in [1.54, 1.807) is 12.4 Å². The fourth-order valence-electron chi connectivity index (χ4n) is 4.66. The topological polar surface area (TPSA) is 65.9 Å². The Kier molecular flexibility index (Phi) is 4.87. The Hall–Kier alpha value is -2.60. The number of likely N-dealkylation sites (N-methyl/N-ethyl adjacent to an activating group) is 1. The summed E-state index contributed by atoms with van der Waals surface area (Å²) < 4.78 is 6.13. The monoisotopic (exact) mass is 409 g/mol. The molecule has 2 aromatic rings. The second kappa shape index (κ2) is 7.67. The zero-order valence-electron chi connectivity index (χ0n) is 16.4. The van der Waals surface area contributed by atoms with Crippen LogP contribution in [0.3, 0.4) is 0 Å². The van der Waals surface area contributed by atoms with Crippen LogP contribution in [0.25, 0.3) is 11.8 Å². The van der Waals surface area contributed by atoms with Gasteiger partial charge in [0.25, 0.3) is 0 Å². The molecule has 0 bridgehead atoms. The molecular weight excluding hydrogens is 386 g/mol. The molecule has 5 rings (SSSR count). The van der Waals surface area contributed by atoms with Gasteiger partial charge in [-0.3, -0.25) is 4.98 Å². The lowest BCUT2D eigenvalue weighted by Gasteiger charge is -2.30. The average molecular weight is 410 g/mol. The number of rotatable bonds is 3. The number of hydrogen-bond donors (Lipinski definition) is 1. The van der Waals surface area contributed by atoms with Crippen molar-refractivity contribution in [2.24, 2.45) is 16.1 Å². The van der Waals surface area contributed by atoms with Gasteiger partial charge in [0.2, 0.25) is 0 Å². The molecule has 2 aliphatic heterocycles. The fraction of sp³-hybridized carbons (Fsp3) is 0.409. The molecule has 0 spiro atoms. The van der Waals surface area contributed by atoms with Gasteiger partial charge in [0, 0.05) is 30.4 Å². The summed E-state index contributed by atoms with van der Waals surface area (Å²) in [5.41, 5.74) is 3.66. The molecule has 1 fully saturated rings. The number of H-pyrrole nitrogens is 1. The van der Waals surface area contributed by atoms with Gasteiger partial charge in [-0.1, -0.05) is 11.6 Å². The van der Waals surface area contributed by atoms with Crippen LogP contribution in [0.5, 0.6) is 5.75 Å². The summed E-state index contributed by atoms with van der Waals surface area (Å²) in [6, 6.07) is 3.88. The van der Waals surface area contributed by atoms with Crippen molar-refractivity contribution in [3.8, 4) is 5.75 Å². The van der Waals surface area contributed by atoms with Crippen LogP contribution >= 0.6 is 11.6 Å². The minimum Gasteiger partial charge on any atom is -0.489 e. The van der Waals surface area contributed by atoms with Gasteiger partial charge in [-0.05, 0) is 55.4 Å². The van der Waals surface area contributed by atoms with Crippen molar-refractivity contribution < 1.29 is 4.74 Å². The molecule has 6 nitrogen and oxygen atoms in total. The Morgan fingerprint density at radius 2 is 2.10 bits per heavy atom. The van der Waals surface area contributed by atoms with Crippen molar-refractivity contribution in [1.29, 1.82) is 0 Å². The van der Waals surface area contributed by atoms with Crippen LogP contribution in [0.2, 0.25) is 0 Å². The summed E-state index contributed by atoms with van der Waals surface area (Å²) in [5, 5.41) is 11.3. The average Bonchev–Trinajstić information content (AvgIpc) is 3.08. The number of halogens is 1. The molecule has 150 valence electrons. The van der Waals surface area contributed by atoms with Gasteiger partial charge < -0.3 is 14.6 Å². The Morgan fingerprint density at radius 1 is 1.24 bits per heavy atom. The number of pyridine rings is 1. The third-order valence-electron chi connectivity index (χ3n) is 6.08. The number of nitrogens with zero attached hydrogens (tertiary/aromatic N) is 4. The standard InChI is InChI=1S/C22H24ClN5O/c1-28-10-8-18(23)20(21-22(28)17-12-25-26-13-19(17)27-21)14-4-6-15(7-5-14)29-16-3-2-9-24-11-16/h2-3,8-9,11,13-15,27H,4-7,10,12H2,1H3. The summed E-state index contributed by atoms with van der Waals surface area (Å²) >= 11 is 6.82. The number of aromatic nitrogens is 2. The first-order chi connectivity index (χ1) is 14.2. The highest BCUT2D eigenvalue weighted by Gasteiger charge is 2.30. The predicted molar refractivity (Wildman–Crippen MR) is 114 cm³/mol. The SMILES string of the molecule is CN1CC=C(Cl)C(C2CCC(Oc3cccnc3)CC2)=c2[nH]c3c(c21)CN=NC=3. The van der Waals surface area contributed by atoms with E-state index in [1.165, 1.54) is 16.8 Å². The minimum absolute atomic E-state index is 0.231. The maximum absolute atomic E-state index is 6.82. The van der Waals surface area contributed by atoms with E-state index in [0.29, 0.717) is 12.5 Å². The number of fused-ring (bicyclic) bond motifs is 3. The molecule has 0 atom stereocenters. The van der Waals surface area contributed by atoms with E-state index in [9.17, 15) is 0 Å². The van der Waals surface area contributed by atoms with E-state index in [0.717, 1.165) is 53.7 Å². The molecule has 4 heterocycles. The first-order valence-corrected chi connectivity index (χ1v) is 10.5. The Labute approximate surface area is 174 Å². The van der Waals surface area contributed by atoms with E-state index in [-0.39, 0.29) is 6.10 Å². The van der Waals surface area contributed by atoms with Crippen molar-refractivity contribution in [3.05, 3.63) is 51.9 Å². The number of anilines is 1. The van der Waals surface area contributed by atoms with Gasteiger partial charge in [-0.15, -0.1) is 0 Å². The van der Waals surface area contributed by atoms with Crippen LogP contribution in [-0.4, -0.2) is 29.7 Å². The number of nitrogens with one attached hydrogen (secondary N) is 1. The normalized spacial score (nSPS) is 23.6. The van der Waals surface area contributed by atoms with Crippen LogP contribution < -0.4 is 20.3 Å². The van der Waals surface area contributed by atoms with Gasteiger partial charge in [-0.2, -0.15) is 10.2 Å². The van der Waals surface area contributed by atoms with Crippen molar-refractivity contribution in [1.82, 2.24) is 9.97 Å². The zero-order chi connectivity index (χ0) is 19.8. The predicted octanol–water partition coefficient (Wildman–Crippen LogP) is 3.47. The molecule has 0 unspecified atom stereocenters. The first-order valence-electron chi connectivity index (χ1n) is 10.2. The molecule has 0 saturated heterocycles. The number of aromatic amines is 1. The summed E-state index contributed by atoms with van der Waals surface area (Å²) in [7, 11) is 2.11. The Morgan fingerprint density at radius 3 is 2.90 bits per heavy atom. The lowest BCUT2D eigenvalue weighted by Crippen LogP contribution is -2.28. The lowest BCUT2D eigenvalue weighted by molar-refractivity contribution is 0.142. The van der Waals surface area contributed by atoms with Crippen LogP contribution in [0.1, 0.15) is 31.2 Å². The highest BCUT2D eigenvalue weighted by atomic mass is 35.5. The van der Waals surface area contributed by atoms with Crippen LogP contribution in [0, 0.1) is 5.92 Å². The lowest BCUT2D eigenvalue weighted by atomic mass is 9.81. The summed E-state index contributed by atoms with van der Waals surface area (Å²) in [4.78, 5) is 10.00. The van der Waals surface area contributed by atoms with Crippen molar-refractivity contribution >= 4 is 29.1 Å². The molecular formula is C22H24ClN5O. The van der Waals surface area contributed by atoms with Crippen molar-refractivity contribution in [2.75, 3.05) is 18.5 Å². The number of hydrogen-bond acceptors (Lipinski definition) is 5. The molecule has 1 saturated carbocycles. The molecule has 7 heteroatoms. The molecule has 0 radical (unpaired) electrons. The zero-order valence-corrected chi connectivity index (χ0v) is 17.2. The number of ether oxygens (including phenoxy) is 1. The second-order valence-electron chi connectivity index (χ2n) is 7.91. The van der Waals surface area contributed by atoms with E-state index < -0.39 is 0 Å². The van der Waals surface area contributed by atoms with E-state index in [1.807, 2.05) is 18.3 Å². The van der Waals surface area contributed by atoms with Gasteiger partial charge in [0.05, 0.1) is 41.4 Å². The third-order valence-corrected chi connectivity index (χ3v) is 6.43. The summed E-state index contributed by atoms with van der Waals surface area (Å²) in [6.07, 6.45) is 11.8. The smallest absolute Gasteiger partial charge is 0.137 e. The van der Waals surface area contributed by atoms with Crippen LogP contribution in [-0.2, 0) is 6.54 Å². The Balaban J connectivity index is 1.46. The van der Waals surface area contributed by atoms with E-state index >= 15 is 0 Å². The Bertz CT molecular complexity index is 1080. The van der Waals surface area contributed by atoms with Crippen LogP contribution in [0.4, 0.5) is 5.69 Å². The highest BCUT2D eigenvalue weighted by Crippen LogP contribution is 2.38. The van der Waals surface area contributed by atoms with Crippen molar-refractivity contribution in [3.63, 3.8) is 0 Å². The van der Waals surface area contributed by atoms with Gasteiger partial charge in [0.1, 0.15) is 5.75 Å². The summed E-state index contributed by atoms with van der Waals surface area (Å²) in [5.74, 6) is 1.26. The molecule has 29 heavy (non-hydrogen) atoms. The van der Waals surface area contributed by atoms with Gasteiger partial charge in [-0.25, -0.2) is 0 Å². The summed E-state index contributed by atoms with van der Waals surface area (Å²) in [6.45, 7) is 1.40. The van der Waals surface area contributed by atoms with Gasteiger partial charge >= 0.3 is 0 Å². The molecule has 0 amide bonds. The highest BCUT2D eigenvalue weighted by molar-refractivity contribution is 6.36.